The lowest BCUT2D eigenvalue weighted by Crippen LogP contribution is -2.02. The molecular formula is C12H9BrO2. The molecule has 0 bridgehead atoms. The minimum Gasteiger partial charge on any atom is -0.465 e. The molecule has 1 aromatic rings. The van der Waals surface area contributed by atoms with Gasteiger partial charge >= 0.3 is 5.97 Å². The van der Waals surface area contributed by atoms with Gasteiger partial charge in [0.25, 0.3) is 0 Å². The van der Waals surface area contributed by atoms with Crippen LogP contribution in [0, 0.1) is 12.3 Å². The third-order valence-electron chi connectivity index (χ3n) is 1.74. The van der Waals surface area contributed by atoms with Crippen LogP contribution in [-0.4, -0.2) is 13.1 Å². The van der Waals surface area contributed by atoms with Crippen molar-refractivity contribution in [1.82, 2.24) is 0 Å². The molecule has 1 aromatic carbocycles. The minimum atomic E-state index is -0.500. The first-order chi connectivity index (χ1) is 7.17. The summed E-state index contributed by atoms with van der Waals surface area (Å²) in [6, 6.07) is 7.45. The van der Waals surface area contributed by atoms with E-state index in [0.717, 1.165) is 10.0 Å². The molecule has 0 aliphatic heterocycles. The summed E-state index contributed by atoms with van der Waals surface area (Å²) in [5, 5.41) is 0. The number of carbonyl (C=O) groups is 1. The predicted octanol–water partition coefficient (Wildman–Crippen LogP) is 2.64. The van der Waals surface area contributed by atoms with Gasteiger partial charge in [-0.15, -0.1) is 6.42 Å². The molecule has 76 valence electrons. The fraction of sp³-hybridized carbons (Fsp3) is 0.0833. The van der Waals surface area contributed by atoms with Gasteiger partial charge in [-0.25, -0.2) is 4.79 Å². The Balaban J connectivity index is 3.00. The molecule has 2 nitrogen and oxygen atoms in total. The second-order valence-corrected chi connectivity index (χ2v) is 3.66. The van der Waals surface area contributed by atoms with Gasteiger partial charge in [0.15, 0.2) is 0 Å². The Bertz CT molecular complexity index is 424. The molecule has 0 atom stereocenters. The SMILES string of the molecule is C#C/C(=C\c1ccc(Br)cc1)C(=O)OC. The summed E-state index contributed by atoms with van der Waals surface area (Å²) in [6.07, 6.45) is 6.81. The number of ether oxygens (including phenoxy) is 1. The van der Waals surface area contributed by atoms with E-state index in [1.807, 2.05) is 24.3 Å². The summed E-state index contributed by atoms with van der Waals surface area (Å²) in [6.45, 7) is 0. The molecule has 3 heteroatoms. The fourth-order valence-electron chi connectivity index (χ4n) is 0.995. The molecule has 0 radical (unpaired) electrons. The van der Waals surface area contributed by atoms with Gasteiger partial charge in [0.05, 0.1) is 7.11 Å². The Kier molecular flexibility index (Phi) is 4.14. The van der Waals surface area contributed by atoms with Gasteiger partial charge in [-0.2, -0.15) is 0 Å². The summed E-state index contributed by atoms with van der Waals surface area (Å²) in [5.74, 6) is 1.79. The minimum absolute atomic E-state index is 0.208. The van der Waals surface area contributed by atoms with Crippen LogP contribution in [0.4, 0.5) is 0 Å². The van der Waals surface area contributed by atoms with E-state index in [9.17, 15) is 4.79 Å². The smallest absolute Gasteiger partial charge is 0.346 e. The Labute approximate surface area is 97.1 Å². The highest BCUT2D eigenvalue weighted by atomic mass is 79.9. The van der Waals surface area contributed by atoms with E-state index in [2.05, 4.69) is 26.6 Å². The third-order valence-corrected chi connectivity index (χ3v) is 2.27. The number of rotatable bonds is 2. The van der Waals surface area contributed by atoms with Crippen LogP contribution in [0.2, 0.25) is 0 Å². The van der Waals surface area contributed by atoms with E-state index >= 15 is 0 Å². The molecule has 0 unspecified atom stereocenters. The Morgan fingerprint density at radius 1 is 1.47 bits per heavy atom. The molecule has 0 heterocycles. The highest BCUT2D eigenvalue weighted by molar-refractivity contribution is 9.10. The maximum absolute atomic E-state index is 11.2. The number of hydrogen-bond acceptors (Lipinski definition) is 2. The van der Waals surface area contributed by atoms with Crippen LogP contribution >= 0.6 is 15.9 Å². The number of benzene rings is 1. The van der Waals surface area contributed by atoms with Gasteiger partial charge in [-0.1, -0.05) is 34.0 Å². The number of methoxy groups -OCH3 is 1. The third kappa shape index (κ3) is 3.26. The van der Waals surface area contributed by atoms with Gasteiger partial charge in [0.2, 0.25) is 0 Å². The number of esters is 1. The molecule has 0 aromatic heterocycles. The highest BCUT2D eigenvalue weighted by Gasteiger charge is 2.05. The van der Waals surface area contributed by atoms with E-state index in [1.165, 1.54) is 7.11 Å². The van der Waals surface area contributed by atoms with Crippen LogP contribution in [0.1, 0.15) is 5.56 Å². The van der Waals surface area contributed by atoms with Crippen LogP contribution in [0.3, 0.4) is 0 Å². The zero-order valence-corrected chi connectivity index (χ0v) is 9.74. The van der Waals surface area contributed by atoms with Crippen LogP contribution in [-0.2, 0) is 9.53 Å². The van der Waals surface area contributed by atoms with Crippen LogP contribution < -0.4 is 0 Å². The van der Waals surface area contributed by atoms with Crippen LogP contribution in [0.15, 0.2) is 34.3 Å². The largest absolute Gasteiger partial charge is 0.465 e. The number of carbonyl (C=O) groups excluding carboxylic acids is 1. The van der Waals surface area contributed by atoms with Crippen molar-refractivity contribution in [1.29, 1.82) is 0 Å². The molecule has 0 saturated heterocycles. The first-order valence-corrected chi connectivity index (χ1v) is 4.99. The van der Waals surface area contributed by atoms with E-state index in [0.29, 0.717) is 0 Å². The molecule has 15 heavy (non-hydrogen) atoms. The first-order valence-electron chi connectivity index (χ1n) is 4.19. The summed E-state index contributed by atoms with van der Waals surface area (Å²) in [7, 11) is 1.30. The second-order valence-electron chi connectivity index (χ2n) is 2.75. The van der Waals surface area contributed by atoms with E-state index < -0.39 is 5.97 Å². The fourth-order valence-corrected chi connectivity index (χ4v) is 1.26. The van der Waals surface area contributed by atoms with Crippen molar-refractivity contribution < 1.29 is 9.53 Å². The van der Waals surface area contributed by atoms with Crippen molar-refractivity contribution in [2.75, 3.05) is 7.11 Å². The molecule has 0 saturated carbocycles. The quantitative estimate of drug-likeness (QED) is 0.467. The average Bonchev–Trinajstić information content (AvgIpc) is 2.27. The zero-order chi connectivity index (χ0) is 11.3. The summed E-state index contributed by atoms with van der Waals surface area (Å²) >= 11 is 3.32. The maximum atomic E-state index is 11.2. The molecule has 0 N–H and O–H groups in total. The van der Waals surface area contributed by atoms with E-state index in [1.54, 1.807) is 6.08 Å². The lowest BCUT2D eigenvalue weighted by Gasteiger charge is -1.98. The number of terminal acetylenes is 1. The van der Waals surface area contributed by atoms with E-state index in [4.69, 9.17) is 6.42 Å². The lowest BCUT2D eigenvalue weighted by molar-refractivity contribution is -0.135. The Morgan fingerprint density at radius 3 is 2.53 bits per heavy atom. The topological polar surface area (TPSA) is 26.3 Å². The van der Waals surface area contributed by atoms with Crippen molar-refractivity contribution in [2.24, 2.45) is 0 Å². The predicted molar refractivity (Wildman–Crippen MR) is 63.0 cm³/mol. The first kappa shape index (κ1) is 11.5. The maximum Gasteiger partial charge on any atom is 0.346 e. The van der Waals surface area contributed by atoms with Crippen molar-refractivity contribution in [2.45, 2.75) is 0 Å². The van der Waals surface area contributed by atoms with Crippen molar-refractivity contribution in [3.63, 3.8) is 0 Å². The molecule has 0 spiro atoms. The standard InChI is InChI=1S/C12H9BrO2/c1-3-10(12(14)15-2)8-9-4-6-11(13)7-5-9/h1,4-8H,2H3/b10-8+. The number of halogens is 1. The average molecular weight is 265 g/mol. The van der Waals surface area contributed by atoms with Crippen LogP contribution in [0.5, 0.6) is 0 Å². The van der Waals surface area contributed by atoms with Crippen molar-refractivity contribution in [3.8, 4) is 12.3 Å². The number of hydrogen-bond donors (Lipinski definition) is 0. The molecular weight excluding hydrogens is 256 g/mol. The van der Waals surface area contributed by atoms with E-state index in [-0.39, 0.29) is 5.57 Å². The molecule has 0 fully saturated rings. The van der Waals surface area contributed by atoms with Crippen LogP contribution in [0.25, 0.3) is 6.08 Å². The summed E-state index contributed by atoms with van der Waals surface area (Å²) in [5.41, 5.74) is 1.07. The summed E-state index contributed by atoms with van der Waals surface area (Å²) in [4.78, 5) is 11.2. The lowest BCUT2D eigenvalue weighted by atomic mass is 10.1. The van der Waals surface area contributed by atoms with Gasteiger partial charge in [0.1, 0.15) is 5.57 Å². The monoisotopic (exact) mass is 264 g/mol. The summed E-state index contributed by atoms with van der Waals surface area (Å²) < 4.78 is 5.51. The second kappa shape index (κ2) is 5.38. The zero-order valence-electron chi connectivity index (χ0n) is 8.16. The molecule has 0 aliphatic rings. The van der Waals surface area contributed by atoms with Gasteiger partial charge in [-0.3, -0.25) is 0 Å². The van der Waals surface area contributed by atoms with Gasteiger partial charge < -0.3 is 4.74 Å². The normalized spacial score (nSPS) is 10.6. The highest BCUT2D eigenvalue weighted by Crippen LogP contribution is 2.13. The van der Waals surface area contributed by atoms with Crippen molar-refractivity contribution in [3.05, 3.63) is 39.9 Å². The molecule has 0 aliphatic carbocycles. The Morgan fingerprint density at radius 2 is 2.07 bits per heavy atom. The van der Waals surface area contributed by atoms with Gasteiger partial charge in [0, 0.05) is 4.47 Å². The Hall–Kier alpha value is -1.53. The van der Waals surface area contributed by atoms with Crippen molar-refractivity contribution >= 4 is 28.0 Å². The molecule has 1 rings (SSSR count). The van der Waals surface area contributed by atoms with Gasteiger partial charge in [-0.05, 0) is 23.8 Å². The molecule has 0 amide bonds.